The molecule has 1 aromatic rings. The van der Waals surface area contributed by atoms with E-state index in [1.165, 1.54) is 4.90 Å². The Kier molecular flexibility index (Phi) is 4.42. The summed E-state index contributed by atoms with van der Waals surface area (Å²) in [5.41, 5.74) is 1.15. The number of ether oxygens (including phenoxy) is 1. The van der Waals surface area contributed by atoms with Crippen molar-refractivity contribution >= 4 is 17.7 Å². The Balaban J connectivity index is 1.90. The summed E-state index contributed by atoms with van der Waals surface area (Å²) in [4.78, 5) is 25.7. The number of benzene rings is 1. The Morgan fingerprint density at radius 2 is 1.95 bits per heavy atom. The molecule has 0 spiro atoms. The molecule has 1 heterocycles. The average Bonchev–Trinajstić information content (AvgIpc) is 2.33. The number of aryl methyl sites for hydroxylation is 1. The summed E-state index contributed by atoms with van der Waals surface area (Å²) in [5, 5.41) is 1.16. The van der Waals surface area contributed by atoms with E-state index in [9.17, 15) is 9.59 Å². The SMILES string of the molecule is Cc1cccc(N(N)C(=O)C2CN(C(=O)OC(C)(C)C)C2)c1. The summed E-state index contributed by atoms with van der Waals surface area (Å²) >= 11 is 0. The van der Waals surface area contributed by atoms with Gasteiger partial charge in [-0.2, -0.15) is 0 Å². The number of likely N-dealkylation sites (tertiary alicyclic amines) is 1. The molecule has 120 valence electrons. The topological polar surface area (TPSA) is 75.9 Å². The van der Waals surface area contributed by atoms with Crippen LogP contribution in [0.4, 0.5) is 10.5 Å². The van der Waals surface area contributed by atoms with Crippen LogP contribution >= 0.6 is 0 Å². The molecular weight excluding hydrogens is 282 g/mol. The lowest BCUT2D eigenvalue weighted by Crippen LogP contribution is -2.58. The van der Waals surface area contributed by atoms with Gasteiger partial charge in [0.05, 0.1) is 11.6 Å². The zero-order valence-electron chi connectivity index (χ0n) is 13.5. The number of hydrogen-bond donors (Lipinski definition) is 1. The van der Waals surface area contributed by atoms with Gasteiger partial charge in [-0.25, -0.2) is 15.6 Å². The molecule has 6 nitrogen and oxygen atoms in total. The predicted octanol–water partition coefficient (Wildman–Crippen LogP) is 2.07. The molecule has 1 aliphatic rings. The second kappa shape index (κ2) is 5.96. The first-order valence-electron chi connectivity index (χ1n) is 7.30. The molecule has 2 amide bonds. The number of nitrogens with zero attached hydrogens (tertiary/aromatic N) is 2. The number of hydrogen-bond acceptors (Lipinski definition) is 4. The molecule has 2 rings (SSSR count). The maximum Gasteiger partial charge on any atom is 0.410 e. The van der Waals surface area contributed by atoms with Crippen LogP contribution in [-0.4, -0.2) is 35.6 Å². The van der Waals surface area contributed by atoms with Crippen LogP contribution in [0.3, 0.4) is 0 Å². The molecule has 0 radical (unpaired) electrons. The zero-order chi connectivity index (χ0) is 16.5. The molecule has 22 heavy (non-hydrogen) atoms. The molecule has 1 saturated heterocycles. The van der Waals surface area contributed by atoms with E-state index < -0.39 is 11.7 Å². The van der Waals surface area contributed by atoms with Crippen LogP contribution in [0.5, 0.6) is 0 Å². The first-order chi connectivity index (χ1) is 10.2. The summed E-state index contributed by atoms with van der Waals surface area (Å²) in [6, 6.07) is 7.43. The van der Waals surface area contributed by atoms with Gasteiger partial charge in [0, 0.05) is 13.1 Å². The van der Waals surface area contributed by atoms with E-state index in [0.29, 0.717) is 18.8 Å². The minimum absolute atomic E-state index is 0.189. The molecule has 1 aromatic carbocycles. The van der Waals surface area contributed by atoms with Crippen molar-refractivity contribution in [3.05, 3.63) is 29.8 Å². The Morgan fingerprint density at radius 3 is 2.50 bits per heavy atom. The molecular formula is C16H23N3O3. The van der Waals surface area contributed by atoms with Gasteiger partial charge < -0.3 is 9.64 Å². The summed E-state index contributed by atoms with van der Waals surface area (Å²) in [6.45, 7) is 8.06. The van der Waals surface area contributed by atoms with Crippen LogP contribution < -0.4 is 10.9 Å². The highest BCUT2D eigenvalue weighted by Crippen LogP contribution is 2.23. The highest BCUT2D eigenvalue weighted by atomic mass is 16.6. The minimum Gasteiger partial charge on any atom is -0.444 e. The van der Waals surface area contributed by atoms with Crippen LogP contribution in [0.25, 0.3) is 0 Å². The number of anilines is 1. The molecule has 1 aliphatic heterocycles. The summed E-state index contributed by atoms with van der Waals surface area (Å²) in [6.07, 6.45) is -0.393. The zero-order valence-corrected chi connectivity index (χ0v) is 13.5. The van der Waals surface area contributed by atoms with Crippen molar-refractivity contribution in [3.8, 4) is 0 Å². The van der Waals surface area contributed by atoms with E-state index in [-0.39, 0.29) is 11.8 Å². The lowest BCUT2D eigenvalue weighted by atomic mass is 9.99. The van der Waals surface area contributed by atoms with Crippen LogP contribution in [0.15, 0.2) is 24.3 Å². The van der Waals surface area contributed by atoms with Crippen molar-refractivity contribution in [2.24, 2.45) is 11.8 Å². The smallest absolute Gasteiger partial charge is 0.410 e. The lowest BCUT2D eigenvalue weighted by molar-refractivity contribution is -0.127. The Labute approximate surface area is 130 Å². The molecule has 0 bridgehead atoms. The maximum atomic E-state index is 12.3. The Morgan fingerprint density at radius 1 is 1.32 bits per heavy atom. The van der Waals surface area contributed by atoms with E-state index in [1.807, 2.05) is 45.9 Å². The van der Waals surface area contributed by atoms with Crippen LogP contribution in [0, 0.1) is 12.8 Å². The summed E-state index contributed by atoms with van der Waals surface area (Å²) in [7, 11) is 0. The highest BCUT2D eigenvalue weighted by molar-refractivity contribution is 5.95. The van der Waals surface area contributed by atoms with Gasteiger partial charge in [0.1, 0.15) is 5.60 Å². The van der Waals surface area contributed by atoms with Crippen molar-refractivity contribution in [2.45, 2.75) is 33.3 Å². The average molecular weight is 305 g/mol. The van der Waals surface area contributed by atoms with E-state index in [4.69, 9.17) is 10.6 Å². The molecule has 0 aromatic heterocycles. The number of nitrogens with two attached hydrogens (primary N) is 1. The van der Waals surface area contributed by atoms with Gasteiger partial charge >= 0.3 is 6.09 Å². The van der Waals surface area contributed by atoms with Gasteiger partial charge in [-0.15, -0.1) is 0 Å². The van der Waals surface area contributed by atoms with Crippen molar-refractivity contribution in [1.29, 1.82) is 0 Å². The van der Waals surface area contributed by atoms with Gasteiger partial charge in [-0.1, -0.05) is 12.1 Å². The van der Waals surface area contributed by atoms with Gasteiger partial charge in [0.15, 0.2) is 0 Å². The van der Waals surface area contributed by atoms with Crippen molar-refractivity contribution in [2.75, 3.05) is 18.1 Å². The standard InChI is InChI=1S/C16H23N3O3/c1-11-6-5-7-13(8-11)19(17)14(20)12-9-18(10-12)15(21)22-16(2,3)4/h5-8,12H,9-10,17H2,1-4H3. The summed E-state index contributed by atoms with van der Waals surface area (Å²) in [5.74, 6) is 5.42. The molecule has 6 heteroatoms. The highest BCUT2D eigenvalue weighted by Gasteiger charge is 2.39. The number of carbonyl (C=O) groups excluding carboxylic acids is 2. The number of hydrazine groups is 1. The van der Waals surface area contributed by atoms with Crippen molar-refractivity contribution in [3.63, 3.8) is 0 Å². The largest absolute Gasteiger partial charge is 0.444 e. The normalized spacial score (nSPS) is 15.2. The third-order valence-electron chi connectivity index (χ3n) is 3.40. The predicted molar refractivity (Wildman–Crippen MR) is 84.1 cm³/mol. The first-order valence-corrected chi connectivity index (χ1v) is 7.30. The van der Waals surface area contributed by atoms with Crippen LogP contribution in [-0.2, 0) is 9.53 Å². The van der Waals surface area contributed by atoms with E-state index in [1.54, 1.807) is 6.07 Å². The molecule has 2 N–H and O–H groups in total. The third kappa shape index (κ3) is 3.76. The fraction of sp³-hybridized carbons (Fsp3) is 0.500. The van der Waals surface area contributed by atoms with Gasteiger partial charge in [0.25, 0.3) is 0 Å². The van der Waals surface area contributed by atoms with Crippen molar-refractivity contribution in [1.82, 2.24) is 4.90 Å². The monoisotopic (exact) mass is 305 g/mol. The molecule has 0 unspecified atom stereocenters. The van der Waals surface area contributed by atoms with Gasteiger partial charge in [-0.05, 0) is 45.4 Å². The van der Waals surface area contributed by atoms with E-state index in [0.717, 1.165) is 10.6 Å². The quantitative estimate of drug-likeness (QED) is 0.515. The Hall–Kier alpha value is -2.08. The fourth-order valence-corrected chi connectivity index (χ4v) is 2.21. The summed E-state index contributed by atoms with van der Waals surface area (Å²) < 4.78 is 5.26. The molecule has 1 fully saturated rings. The van der Waals surface area contributed by atoms with Crippen LogP contribution in [0.1, 0.15) is 26.3 Å². The minimum atomic E-state index is -0.534. The maximum absolute atomic E-state index is 12.3. The third-order valence-corrected chi connectivity index (χ3v) is 3.40. The second-order valence-electron chi connectivity index (χ2n) is 6.63. The van der Waals surface area contributed by atoms with Gasteiger partial charge in [0.2, 0.25) is 5.91 Å². The molecule has 0 atom stereocenters. The number of rotatable bonds is 2. The van der Waals surface area contributed by atoms with E-state index >= 15 is 0 Å². The first kappa shape index (κ1) is 16.3. The lowest BCUT2D eigenvalue weighted by Gasteiger charge is -2.40. The second-order valence-corrected chi connectivity index (χ2v) is 6.63. The van der Waals surface area contributed by atoms with Gasteiger partial charge in [-0.3, -0.25) is 4.79 Å². The van der Waals surface area contributed by atoms with E-state index in [2.05, 4.69) is 0 Å². The number of carbonyl (C=O) groups is 2. The Bertz CT molecular complexity index is 574. The van der Waals surface area contributed by atoms with Crippen molar-refractivity contribution < 1.29 is 14.3 Å². The molecule has 0 aliphatic carbocycles. The number of amides is 2. The fourth-order valence-electron chi connectivity index (χ4n) is 2.21. The van der Waals surface area contributed by atoms with Crippen LogP contribution in [0.2, 0.25) is 0 Å². The molecule has 0 saturated carbocycles.